The zero-order chi connectivity index (χ0) is 17.8. The quantitative estimate of drug-likeness (QED) is 0.719. The number of ether oxygens (including phenoxy) is 1. The van der Waals surface area contributed by atoms with Crippen LogP contribution < -0.4 is 9.64 Å². The summed E-state index contributed by atoms with van der Waals surface area (Å²) in [6.07, 6.45) is 4.83. The molecule has 0 N–H and O–H groups in total. The fourth-order valence-electron chi connectivity index (χ4n) is 2.54. The van der Waals surface area contributed by atoms with Gasteiger partial charge in [-0.15, -0.1) is 0 Å². The molecule has 0 saturated heterocycles. The van der Waals surface area contributed by atoms with Gasteiger partial charge < -0.3 is 9.64 Å². The number of carbonyl (C=O) groups excluding carboxylic acids is 1. The minimum absolute atomic E-state index is 0.154. The lowest BCUT2D eigenvalue weighted by atomic mass is 10.1. The Morgan fingerprint density at radius 2 is 1.80 bits per heavy atom. The van der Waals surface area contributed by atoms with E-state index in [2.05, 4.69) is 16.0 Å². The van der Waals surface area contributed by atoms with Gasteiger partial charge in [-0.2, -0.15) is 0 Å². The first-order chi connectivity index (χ1) is 12.0. The van der Waals surface area contributed by atoms with Crippen LogP contribution in [0.15, 0.2) is 61.1 Å². The number of benzene rings is 1. The summed E-state index contributed by atoms with van der Waals surface area (Å²) in [5, 5.41) is 0. The van der Waals surface area contributed by atoms with Crippen molar-refractivity contribution < 1.29 is 9.53 Å². The third-order valence-electron chi connectivity index (χ3n) is 3.74. The van der Waals surface area contributed by atoms with E-state index in [0.717, 1.165) is 22.6 Å². The van der Waals surface area contributed by atoms with E-state index in [1.54, 1.807) is 37.6 Å². The van der Waals surface area contributed by atoms with E-state index in [-0.39, 0.29) is 5.91 Å². The van der Waals surface area contributed by atoms with Crippen LogP contribution in [0.4, 0.5) is 5.69 Å². The largest absolute Gasteiger partial charge is 0.439 e. The number of pyridine rings is 2. The van der Waals surface area contributed by atoms with Crippen molar-refractivity contribution in [3.05, 3.63) is 77.7 Å². The molecule has 0 spiro atoms. The molecule has 2 aromatic heterocycles. The van der Waals surface area contributed by atoms with Gasteiger partial charge >= 0.3 is 0 Å². The lowest BCUT2D eigenvalue weighted by Gasteiger charge is -2.16. The number of amides is 1. The Morgan fingerprint density at radius 1 is 1.04 bits per heavy atom. The molecule has 25 heavy (non-hydrogen) atoms. The Hall–Kier alpha value is -3.21. The molecule has 3 aromatic rings. The Labute approximate surface area is 146 Å². The molecule has 0 aliphatic rings. The average Bonchev–Trinajstić information content (AvgIpc) is 2.61. The van der Waals surface area contributed by atoms with Crippen molar-refractivity contribution in [1.29, 1.82) is 0 Å². The highest BCUT2D eigenvalue weighted by molar-refractivity contribution is 6.05. The van der Waals surface area contributed by atoms with Crippen LogP contribution in [-0.4, -0.2) is 22.9 Å². The van der Waals surface area contributed by atoms with Crippen molar-refractivity contribution in [3.63, 3.8) is 0 Å². The Morgan fingerprint density at radius 3 is 2.40 bits per heavy atom. The first kappa shape index (κ1) is 16.6. The molecule has 0 saturated carbocycles. The molecule has 1 amide bonds. The molecule has 5 nitrogen and oxygen atoms in total. The zero-order valence-electron chi connectivity index (χ0n) is 14.4. The number of hydrogen-bond donors (Lipinski definition) is 0. The number of rotatable bonds is 4. The van der Waals surface area contributed by atoms with E-state index < -0.39 is 0 Å². The molecule has 0 aliphatic carbocycles. The number of aromatic nitrogens is 2. The zero-order valence-corrected chi connectivity index (χ0v) is 14.4. The summed E-state index contributed by atoms with van der Waals surface area (Å²) in [6, 6.07) is 13.0. The van der Waals surface area contributed by atoms with E-state index in [1.165, 1.54) is 11.1 Å². The third-order valence-corrected chi connectivity index (χ3v) is 3.74. The fraction of sp³-hybridized carbons (Fsp3) is 0.150. The summed E-state index contributed by atoms with van der Waals surface area (Å²) in [7, 11) is 1.71. The van der Waals surface area contributed by atoms with Crippen LogP contribution in [0.2, 0.25) is 0 Å². The molecule has 5 heteroatoms. The molecule has 0 atom stereocenters. The molecule has 126 valence electrons. The van der Waals surface area contributed by atoms with Crippen molar-refractivity contribution in [3.8, 4) is 11.6 Å². The van der Waals surface area contributed by atoms with Gasteiger partial charge in [0.15, 0.2) is 0 Å². The molecular weight excluding hydrogens is 314 g/mol. The standard InChI is InChI=1S/C20H19N3O2/c1-14-9-15(2)11-18(10-14)25-19-7-6-16(12-22-19)20(24)23(3)17-5-4-8-21-13-17/h4-13H,1-3H3. The van der Waals surface area contributed by atoms with Crippen LogP contribution in [-0.2, 0) is 0 Å². The van der Waals surface area contributed by atoms with E-state index in [4.69, 9.17) is 4.74 Å². The summed E-state index contributed by atoms with van der Waals surface area (Å²) >= 11 is 0. The lowest BCUT2D eigenvalue weighted by molar-refractivity contribution is 0.0992. The van der Waals surface area contributed by atoms with Crippen LogP contribution in [0.3, 0.4) is 0 Å². The Balaban J connectivity index is 1.74. The SMILES string of the molecule is Cc1cc(C)cc(Oc2ccc(C(=O)N(C)c3cccnc3)cn2)c1. The summed E-state index contributed by atoms with van der Waals surface area (Å²) in [5.74, 6) is 1.03. The van der Waals surface area contributed by atoms with Gasteiger partial charge in [-0.05, 0) is 55.3 Å². The van der Waals surface area contributed by atoms with Crippen molar-refractivity contribution >= 4 is 11.6 Å². The van der Waals surface area contributed by atoms with Crippen molar-refractivity contribution in [2.45, 2.75) is 13.8 Å². The number of nitrogens with zero attached hydrogens (tertiary/aromatic N) is 3. The normalized spacial score (nSPS) is 10.4. The summed E-state index contributed by atoms with van der Waals surface area (Å²) in [6.45, 7) is 4.03. The smallest absolute Gasteiger partial charge is 0.259 e. The van der Waals surface area contributed by atoms with Gasteiger partial charge in [0.1, 0.15) is 5.75 Å². The van der Waals surface area contributed by atoms with Gasteiger partial charge in [0, 0.05) is 25.5 Å². The van der Waals surface area contributed by atoms with Crippen LogP contribution in [0.25, 0.3) is 0 Å². The molecule has 1 aromatic carbocycles. The second-order valence-corrected chi connectivity index (χ2v) is 5.89. The van der Waals surface area contributed by atoms with Gasteiger partial charge in [0.2, 0.25) is 5.88 Å². The highest BCUT2D eigenvalue weighted by atomic mass is 16.5. The Kier molecular flexibility index (Phi) is 4.75. The van der Waals surface area contributed by atoms with Gasteiger partial charge in [0.05, 0.1) is 17.4 Å². The van der Waals surface area contributed by atoms with E-state index in [1.807, 2.05) is 32.0 Å². The number of carbonyl (C=O) groups is 1. The molecule has 0 unspecified atom stereocenters. The van der Waals surface area contributed by atoms with Crippen molar-refractivity contribution in [1.82, 2.24) is 9.97 Å². The highest BCUT2D eigenvalue weighted by Gasteiger charge is 2.14. The molecule has 0 aliphatic heterocycles. The van der Waals surface area contributed by atoms with E-state index in [9.17, 15) is 4.79 Å². The maximum absolute atomic E-state index is 12.5. The van der Waals surface area contributed by atoms with E-state index in [0.29, 0.717) is 11.4 Å². The topological polar surface area (TPSA) is 55.3 Å². The van der Waals surface area contributed by atoms with Gasteiger partial charge in [-0.3, -0.25) is 9.78 Å². The van der Waals surface area contributed by atoms with Crippen molar-refractivity contribution in [2.75, 3.05) is 11.9 Å². The monoisotopic (exact) mass is 333 g/mol. The highest BCUT2D eigenvalue weighted by Crippen LogP contribution is 2.23. The van der Waals surface area contributed by atoms with E-state index >= 15 is 0 Å². The van der Waals surface area contributed by atoms with Gasteiger partial charge in [0.25, 0.3) is 5.91 Å². The summed E-state index contributed by atoms with van der Waals surface area (Å²) < 4.78 is 5.77. The van der Waals surface area contributed by atoms with Crippen LogP contribution >= 0.6 is 0 Å². The average molecular weight is 333 g/mol. The number of anilines is 1. The summed E-state index contributed by atoms with van der Waals surface area (Å²) in [5.41, 5.74) is 3.46. The van der Waals surface area contributed by atoms with Crippen LogP contribution in [0, 0.1) is 13.8 Å². The second kappa shape index (κ2) is 7.13. The maximum Gasteiger partial charge on any atom is 0.259 e. The molecule has 0 bridgehead atoms. The molecule has 3 rings (SSSR count). The minimum atomic E-state index is -0.154. The van der Waals surface area contributed by atoms with Crippen LogP contribution in [0.1, 0.15) is 21.5 Å². The van der Waals surface area contributed by atoms with Crippen molar-refractivity contribution in [2.24, 2.45) is 0 Å². The molecule has 0 radical (unpaired) electrons. The molecular formula is C20H19N3O2. The predicted octanol–water partition coefficient (Wildman–Crippen LogP) is 4.16. The first-order valence-electron chi connectivity index (χ1n) is 7.93. The maximum atomic E-state index is 12.5. The minimum Gasteiger partial charge on any atom is -0.439 e. The number of hydrogen-bond acceptors (Lipinski definition) is 4. The Bertz CT molecular complexity index is 857. The van der Waals surface area contributed by atoms with Gasteiger partial charge in [-0.1, -0.05) is 6.07 Å². The fourth-order valence-corrected chi connectivity index (χ4v) is 2.54. The lowest BCUT2D eigenvalue weighted by Crippen LogP contribution is -2.26. The molecule has 2 heterocycles. The third kappa shape index (κ3) is 4.01. The van der Waals surface area contributed by atoms with Crippen LogP contribution in [0.5, 0.6) is 11.6 Å². The second-order valence-electron chi connectivity index (χ2n) is 5.89. The van der Waals surface area contributed by atoms with Gasteiger partial charge in [-0.25, -0.2) is 4.98 Å². The number of aryl methyl sites for hydroxylation is 2. The molecule has 0 fully saturated rings. The predicted molar refractivity (Wildman–Crippen MR) is 97.2 cm³/mol. The first-order valence-corrected chi connectivity index (χ1v) is 7.93. The summed E-state index contributed by atoms with van der Waals surface area (Å²) in [4.78, 5) is 22.3.